The summed E-state index contributed by atoms with van der Waals surface area (Å²) in [5.41, 5.74) is 6.01. The highest BCUT2D eigenvalue weighted by Crippen LogP contribution is 2.21. The normalized spacial score (nSPS) is 18.7. The van der Waals surface area contributed by atoms with Crippen molar-refractivity contribution in [1.29, 1.82) is 0 Å². The Kier molecular flexibility index (Phi) is 3.81. The maximum absolute atomic E-state index is 12.7. The molecular formula is C14H18N6O. The topological polar surface area (TPSA) is 89.9 Å². The van der Waals surface area contributed by atoms with E-state index in [1.807, 2.05) is 21.8 Å². The Morgan fingerprint density at radius 2 is 2.14 bits per heavy atom. The number of carbonyl (C=O) groups is 1. The smallest absolute Gasteiger partial charge is 0.276 e. The Hall–Kier alpha value is -2.44. The standard InChI is InChI=1S/C14H18N6O/c15-13-12(16-6-7-17-13)14(21)20-9-2-1-4-11(20)10-19-8-3-5-18-19/h3,5-8,11H,1-2,4,9-10H2,(H2,15,17). The summed E-state index contributed by atoms with van der Waals surface area (Å²) in [7, 11) is 0. The Bertz CT molecular complexity index is 612. The molecule has 1 amide bonds. The molecule has 1 saturated heterocycles. The Balaban J connectivity index is 1.80. The van der Waals surface area contributed by atoms with Crippen molar-refractivity contribution in [1.82, 2.24) is 24.6 Å². The number of piperidine rings is 1. The quantitative estimate of drug-likeness (QED) is 0.907. The predicted octanol–water partition coefficient (Wildman–Crippen LogP) is 0.950. The van der Waals surface area contributed by atoms with Gasteiger partial charge in [0.1, 0.15) is 0 Å². The second-order valence-corrected chi connectivity index (χ2v) is 5.17. The highest BCUT2D eigenvalue weighted by molar-refractivity contribution is 5.96. The van der Waals surface area contributed by atoms with Gasteiger partial charge in [-0.05, 0) is 25.3 Å². The third kappa shape index (κ3) is 2.86. The molecule has 2 aromatic heterocycles. The zero-order valence-corrected chi connectivity index (χ0v) is 11.7. The number of nitrogens with zero attached hydrogens (tertiary/aromatic N) is 5. The van der Waals surface area contributed by atoms with Crippen LogP contribution in [0.1, 0.15) is 29.8 Å². The third-order valence-electron chi connectivity index (χ3n) is 3.77. The summed E-state index contributed by atoms with van der Waals surface area (Å²) >= 11 is 0. The summed E-state index contributed by atoms with van der Waals surface area (Å²) < 4.78 is 1.86. The van der Waals surface area contributed by atoms with Gasteiger partial charge < -0.3 is 10.6 Å². The molecule has 0 aromatic carbocycles. The molecule has 0 bridgehead atoms. The lowest BCUT2D eigenvalue weighted by Crippen LogP contribution is -2.46. The van der Waals surface area contributed by atoms with E-state index in [4.69, 9.17) is 5.73 Å². The second-order valence-electron chi connectivity index (χ2n) is 5.17. The van der Waals surface area contributed by atoms with Crippen molar-refractivity contribution in [2.45, 2.75) is 31.8 Å². The van der Waals surface area contributed by atoms with Crippen LogP contribution in [0, 0.1) is 0 Å². The van der Waals surface area contributed by atoms with Crippen LogP contribution in [0.15, 0.2) is 30.9 Å². The van der Waals surface area contributed by atoms with E-state index < -0.39 is 0 Å². The molecule has 3 rings (SSSR count). The number of likely N-dealkylation sites (tertiary alicyclic amines) is 1. The first-order valence-corrected chi connectivity index (χ1v) is 7.10. The molecule has 1 unspecified atom stereocenters. The van der Waals surface area contributed by atoms with Crippen LogP contribution < -0.4 is 5.73 Å². The number of anilines is 1. The highest BCUT2D eigenvalue weighted by Gasteiger charge is 2.29. The number of nitrogen functional groups attached to an aromatic ring is 1. The van der Waals surface area contributed by atoms with Gasteiger partial charge in [0.05, 0.1) is 12.6 Å². The Morgan fingerprint density at radius 1 is 1.29 bits per heavy atom. The molecule has 1 aliphatic heterocycles. The van der Waals surface area contributed by atoms with Crippen molar-refractivity contribution in [3.8, 4) is 0 Å². The summed E-state index contributed by atoms with van der Waals surface area (Å²) in [5, 5.41) is 4.22. The van der Waals surface area contributed by atoms with Gasteiger partial charge in [-0.25, -0.2) is 9.97 Å². The minimum Gasteiger partial charge on any atom is -0.382 e. The fourth-order valence-corrected chi connectivity index (χ4v) is 2.73. The Morgan fingerprint density at radius 3 is 2.90 bits per heavy atom. The summed E-state index contributed by atoms with van der Waals surface area (Å²) in [5.74, 6) is 0.0448. The summed E-state index contributed by atoms with van der Waals surface area (Å²) in [4.78, 5) is 22.6. The van der Waals surface area contributed by atoms with Gasteiger partial charge in [0.25, 0.3) is 5.91 Å². The van der Waals surface area contributed by atoms with Gasteiger partial charge >= 0.3 is 0 Å². The first-order valence-electron chi connectivity index (χ1n) is 7.10. The van der Waals surface area contributed by atoms with Gasteiger partial charge in [-0.15, -0.1) is 0 Å². The van der Waals surface area contributed by atoms with Crippen LogP contribution in [0.3, 0.4) is 0 Å². The number of carbonyl (C=O) groups excluding carboxylic acids is 1. The molecule has 21 heavy (non-hydrogen) atoms. The van der Waals surface area contributed by atoms with Crippen LogP contribution in [-0.2, 0) is 6.54 Å². The molecule has 2 aromatic rings. The molecule has 0 radical (unpaired) electrons. The van der Waals surface area contributed by atoms with Crippen molar-refractivity contribution in [2.75, 3.05) is 12.3 Å². The first kappa shape index (κ1) is 13.5. The number of hydrogen-bond donors (Lipinski definition) is 1. The van der Waals surface area contributed by atoms with E-state index in [1.165, 1.54) is 12.4 Å². The highest BCUT2D eigenvalue weighted by atomic mass is 16.2. The average Bonchev–Trinajstić information content (AvgIpc) is 3.01. The number of amides is 1. The molecular weight excluding hydrogens is 268 g/mol. The zero-order chi connectivity index (χ0) is 14.7. The summed E-state index contributed by atoms with van der Waals surface area (Å²) in [6, 6.07) is 2.00. The molecule has 1 aliphatic rings. The predicted molar refractivity (Wildman–Crippen MR) is 77.3 cm³/mol. The molecule has 3 heterocycles. The van der Waals surface area contributed by atoms with E-state index in [0.29, 0.717) is 6.54 Å². The van der Waals surface area contributed by atoms with Crippen LogP contribution in [0.2, 0.25) is 0 Å². The van der Waals surface area contributed by atoms with Gasteiger partial charge in [-0.1, -0.05) is 0 Å². The first-order chi connectivity index (χ1) is 10.3. The molecule has 1 atom stereocenters. The fraction of sp³-hybridized carbons (Fsp3) is 0.429. The van der Waals surface area contributed by atoms with E-state index >= 15 is 0 Å². The molecule has 0 spiro atoms. The van der Waals surface area contributed by atoms with Crippen LogP contribution in [-0.4, -0.2) is 43.1 Å². The van der Waals surface area contributed by atoms with Gasteiger partial charge in [0.2, 0.25) is 0 Å². The molecule has 7 heteroatoms. The van der Waals surface area contributed by atoms with Gasteiger partial charge in [0.15, 0.2) is 11.5 Å². The second kappa shape index (κ2) is 5.90. The van der Waals surface area contributed by atoms with Gasteiger partial charge in [0, 0.05) is 31.3 Å². The number of nitrogens with two attached hydrogens (primary N) is 1. The Labute approximate surface area is 122 Å². The van der Waals surface area contributed by atoms with Gasteiger partial charge in [-0.3, -0.25) is 9.48 Å². The van der Waals surface area contributed by atoms with E-state index in [9.17, 15) is 4.79 Å². The maximum atomic E-state index is 12.7. The van der Waals surface area contributed by atoms with Crippen molar-refractivity contribution in [3.05, 3.63) is 36.5 Å². The van der Waals surface area contributed by atoms with Crippen molar-refractivity contribution in [2.24, 2.45) is 0 Å². The minimum atomic E-state index is -0.141. The van der Waals surface area contributed by atoms with Crippen LogP contribution in [0.4, 0.5) is 5.82 Å². The summed E-state index contributed by atoms with van der Waals surface area (Å²) in [6.45, 7) is 1.42. The molecule has 7 nitrogen and oxygen atoms in total. The van der Waals surface area contributed by atoms with E-state index in [1.54, 1.807) is 6.20 Å². The fourth-order valence-electron chi connectivity index (χ4n) is 2.73. The number of hydrogen-bond acceptors (Lipinski definition) is 5. The van der Waals surface area contributed by atoms with Crippen molar-refractivity contribution >= 4 is 11.7 Å². The van der Waals surface area contributed by atoms with Gasteiger partial charge in [-0.2, -0.15) is 5.10 Å². The van der Waals surface area contributed by atoms with Crippen LogP contribution in [0.5, 0.6) is 0 Å². The monoisotopic (exact) mass is 286 g/mol. The van der Waals surface area contributed by atoms with E-state index in [2.05, 4.69) is 15.1 Å². The summed E-state index contributed by atoms with van der Waals surface area (Å²) in [6.07, 6.45) is 9.72. The average molecular weight is 286 g/mol. The lowest BCUT2D eigenvalue weighted by atomic mass is 10.0. The zero-order valence-electron chi connectivity index (χ0n) is 11.7. The molecule has 110 valence electrons. The van der Waals surface area contributed by atoms with E-state index in [-0.39, 0.29) is 23.5 Å². The SMILES string of the molecule is Nc1nccnc1C(=O)N1CCCCC1Cn1cccn1. The minimum absolute atomic E-state index is 0.118. The van der Waals surface area contributed by atoms with Crippen molar-refractivity contribution < 1.29 is 4.79 Å². The van der Waals surface area contributed by atoms with Crippen LogP contribution in [0.25, 0.3) is 0 Å². The molecule has 0 aliphatic carbocycles. The third-order valence-corrected chi connectivity index (χ3v) is 3.77. The largest absolute Gasteiger partial charge is 0.382 e. The molecule has 0 saturated carbocycles. The lowest BCUT2D eigenvalue weighted by Gasteiger charge is -2.35. The van der Waals surface area contributed by atoms with Crippen LogP contribution >= 0.6 is 0 Å². The van der Waals surface area contributed by atoms with E-state index in [0.717, 1.165) is 25.8 Å². The number of rotatable bonds is 3. The molecule has 2 N–H and O–H groups in total. The molecule has 1 fully saturated rings. The maximum Gasteiger partial charge on any atom is 0.276 e. The lowest BCUT2D eigenvalue weighted by molar-refractivity contribution is 0.0578. The number of aromatic nitrogens is 4. The van der Waals surface area contributed by atoms with Crippen molar-refractivity contribution in [3.63, 3.8) is 0 Å².